The van der Waals surface area contributed by atoms with Gasteiger partial charge in [0.1, 0.15) is 18.0 Å². The van der Waals surface area contributed by atoms with Crippen molar-refractivity contribution >= 4 is 23.6 Å². The van der Waals surface area contributed by atoms with E-state index in [1.54, 1.807) is 44.2 Å². The van der Waals surface area contributed by atoms with Crippen LogP contribution in [0.2, 0.25) is 0 Å². The molecular formula is C20H21NO5S. The minimum atomic E-state index is -1.04. The summed E-state index contributed by atoms with van der Waals surface area (Å²) in [6.07, 6.45) is 0. The predicted octanol–water partition coefficient (Wildman–Crippen LogP) is 3.01. The second-order valence-corrected chi connectivity index (χ2v) is 7.27. The number of hydrogen-bond acceptors (Lipinski definition) is 5. The molecule has 1 heterocycles. The molecule has 0 spiro atoms. The average Bonchev–Trinajstić information content (AvgIpc) is 3.10. The highest BCUT2D eigenvalue weighted by Gasteiger charge is 2.33. The van der Waals surface area contributed by atoms with Crippen molar-refractivity contribution in [1.29, 1.82) is 0 Å². The van der Waals surface area contributed by atoms with Gasteiger partial charge >= 0.3 is 5.97 Å². The number of carbonyl (C=O) groups is 2. The van der Waals surface area contributed by atoms with Gasteiger partial charge in [-0.15, -0.1) is 11.8 Å². The first kappa shape index (κ1) is 19.1. The average molecular weight is 387 g/mol. The monoisotopic (exact) mass is 387 g/mol. The van der Waals surface area contributed by atoms with Crippen molar-refractivity contribution in [2.24, 2.45) is 0 Å². The van der Waals surface area contributed by atoms with E-state index in [4.69, 9.17) is 9.47 Å². The molecule has 1 unspecified atom stereocenters. The molecule has 6 nitrogen and oxygen atoms in total. The Hall–Kier alpha value is -2.67. The molecule has 27 heavy (non-hydrogen) atoms. The number of ether oxygens (including phenoxy) is 2. The summed E-state index contributed by atoms with van der Waals surface area (Å²) in [4.78, 5) is 27.0. The smallest absolute Gasteiger partial charge is 0.323 e. The van der Waals surface area contributed by atoms with E-state index < -0.39 is 5.97 Å². The minimum Gasteiger partial charge on any atom is -0.497 e. The molecule has 1 aliphatic rings. The van der Waals surface area contributed by atoms with Crippen LogP contribution in [0.15, 0.2) is 47.4 Å². The molecule has 2 aromatic carbocycles. The van der Waals surface area contributed by atoms with Crippen LogP contribution >= 0.6 is 11.8 Å². The number of amides is 1. The number of hydrogen-bond donors (Lipinski definition) is 1. The van der Waals surface area contributed by atoms with Gasteiger partial charge in [-0.25, -0.2) is 0 Å². The molecule has 0 fully saturated rings. The van der Waals surface area contributed by atoms with Crippen molar-refractivity contribution in [3.05, 3.63) is 53.6 Å². The van der Waals surface area contributed by atoms with E-state index in [-0.39, 0.29) is 24.9 Å². The highest BCUT2D eigenvalue weighted by atomic mass is 32.2. The number of aliphatic carboxylic acids is 1. The second kappa shape index (κ2) is 8.35. The van der Waals surface area contributed by atoms with E-state index in [9.17, 15) is 14.7 Å². The van der Waals surface area contributed by atoms with E-state index in [0.29, 0.717) is 17.3 Å². The molecule has 0 saturated carbocycles. The molecule has 3 rings (SSSR count). The standard InChI is InChI=1S/C20H21NO5S/c1-25-14-7-13(8-15(9-14)26-2)10-21(11-19(22)23)20(24)17-12-27-18-6-4-3-5-16(17)18/h3-9,17H,10-12H2,1-2H3,(H,22,23). The third-order valence-corrected chi connectivity index (χ3v) is 5.60. The molecule has 1 atom stereocenters. The summed E-state index contributed by atoms with van der Waals surface area (Å²) in [5.74, 6) is 0.241. The normalized spacial score (nSPS) is 15.1. The minimum absolute atomic E-state index is 0.169. The topological polar surface area (TPSA) is 76.1 Å². The van der Waals surface area contributed by atoms with Crippen LogP contribution in [0, 0.1) is 0 Å². The first-order valence-electron chi connectivity index (χ1n) is 8.46. The molecule has 0 radical (unpaired) electrons. The lowest BCUT2D eigenvalue weighted by Crippen LogP contribution is -2.38. The fraction of sp³-hybridized carbons (Fsp3) is 0.300. The van der Waals surface area contributed by atoms with Crippen LogP contribution in [-0.4, -0.2) is 48.4 Å². The Labute approximate surface area is 162 Å². The molecule has 2 aromatic rings. The fourth-order valence-corrected chi connectivity index (χ4v) is 4.36. The van der Waals surface area contributed by atoms with Crippen LogP contribution < -0.4 is 9.47 Å². The Bertz CT molecular complexity index is 832. The third-order valence-electron chi connectivity index (χ3n) is 4.42. The van der Waals surface area contributed by atoms with E-state index in [1.807, 2.05) is 24.3 Å². The van der Waals surface area contributed by atoms with Gasteiger partial charge in [0, 0.05) is 23.3 Å². The molecule has 1 aliphatic heterocycles. The fourth-order valence-electron chi connectivity index (χ4n) is 3.14. The van der Waals surface area contributed by atoms with Crippen LogP contribution in [0.25, 0.3) is 0 Å². The highest BCUT2D eigenvalue weighted by Crippen LogP contribution is 2.40. The number of carboxylic acid groups (broad SMARTS) is 1. The lowest BCUT2D eigenvalue weighted by atomic mass is 9.99. The maximum atomic E-state index is 13.1. The number of benzene rings is 2. The van der Waals surface area contributed by atoms with E-state index in [0.717, 1.165) is 16.0 Å². The number of thioether (sulfide) groups is 1. The summed E-state index contributed by atoms with van der Waals surface area (Å²) in [6.45, 7) is -0.191. The molecule has 7 heteroatoms. The number of carboxylic acids is 1. The van der Waals surface area contributed by atoms with Crippen molar-refractivity contribution in [2.75, 3.05) is 26.5 Å². The van der Waals surface area contributed by atoms with Gasteiger partial charge in [0.05, 0.1) is 20.1 Å². The first-order chi connectivity index (χ1) is 13.0. The zero-order chi connectivity index (χ0) is 19.4. The predicted molar refractivity (Wildman–Crippen MR) is 103 cm³/mol. The van der Waals surface area contributed by atoms with Gasteiger partial charge in [-0.1, -0.05) is 18.2 Å². The summed E-state index contributed by atoms with van der Waals surface area (Å²) < 4.78 is 10.5. The largest absolute Gasteiger partial charge is 0.497 e. The van der Waals surface area contributed by atoms with Gasteiger partial charge in [0.25, 0.3) is 0 Å². The number of rotatable bonds is 7. The van der Waals surface area contributed by atoms with Crippen LogP contribution in [0.4, 0.5) is 0 Å². The SMILES string of the molecule is COc1cc(CN(CC(=O)O)C(=O)C2CSc3ccccc32)cc(OC)c1. The molecule has 1 N–H and O–H groups in total. The highest BCUT2D eigenvalue weighted by molar-refractivity contribution is 7.99. The van der Waals surface area contributed by atoms with Crippen molar-refractivity contribution in [1.82, 2.24) is 4.90 Å². The van der Waals surface area contributed by atoms with Crippen LogP contribution in [0.5, 0.6) is 11.5 Å². The van der Waals surface area contributed by atoms with Crippen LogP contribution in [0.3, 0.4) is 0 Å². The zero-order valence-electron chi connectivity index (χ0n) is 15.2. The second-order valence-electron chi connectivity index (χ2n) is 6.21. The molecule has 0 saturated heterocycles. The summed E-state index contributed by atoms with van der Waals surface area (Å²) in [6, 6.07) is 13.1. The zero-order valence-corrected chi connectivity index (χ0v) is 16.0. The third kappa shape index (κ3) is 4.36. The maximum absolute atomic E-state index is 13.1. The van der Waals surface area contributed by atoms with Crippen molar-refractivity contribution in [3.8, 4) is 11.5 Å². The Morgan fingerprint density at radius 3 is 2.44 bits per heavy atom. The van der Waals surface area contributed by atoms with Crippen LogP contribution in [-0.2, 0) is 16.1 Å². The van der Waals surface area contributed by atoms with Crippen molar-refractivity contribution < 1.29 is 24.2 Å². The Balaban J connectivity index is 1.86. The lowest BCUT2D eigenvalue weighted by molar-refractivity contribution is -0.145. The summed E-state index contributed by atoms with van der Waals surface area (Å²) in [5.41, 5.74) is 1.71. The lowest BCUT2D eigenvalue weighted by Gasteiger charge is -2.24. The van der Waals surface area contributed by atoms with Crippen molar-refractivity contribution in [3.63, 3.8) is 0 Å². The van der Waals surface area contributed by atoms with Gasteiger partial charge < -0.3 is 19.5 Å². The molecule has 0 bridgehead atoms. The number of nitrogens with zero attached hydrogens (tertiary/aromatic N) is 1. The van der Waals surface area contributed by atoms with Gasteiger partial charge in [0.2, 0.25) is 5.91 Å². The van der Waals surface area contributed by atoms with E-state index in [2.05, 4.69) is 0 Å². The Kier molecular flexibility index (Phi) is 5.91. The van der Waals surface area contributed by atoms with Crippen molar-refractivity contribution in [2.45, 2.75) is 17.4 Å². The molecule has 142 valence electrons. The van der Waals surface area contributed by atoms with Gasteiger partial charge in [-0.3, -0.25) is 9.59 Å². The molecular weight excluding hydrogens is 366 g/mol. The first-order valence-corrected chi connectivity index (χ1v) is 9.44. The molecule has 0 aliphatic carbocycles. The number of fused-ring (bicyclic) bond motifs is 1. The van der Waals surface area contributed by atoms with Gasteiger partial charge in [-0.05, 0) is 29.3 Å². The molecule has 0 aromatic heterocycles. The quantitative estimate of drug-likeness (QED) is 0.787. The maximum Gasteiger partial charge on any atom is 0.323 e. The van der Waals surface area contributed by atoms with Crippen LogP contribution in [0.1, 0.15) is 17.0 Å². The number of carbonyl (C=O) groups excluding carboxylic acids is 1. The Morgan fingerprint density at radius 1 is 1.15 bits per heavy atom. The van der Waals surface area contributed by atoms with Gasteiger partial charge in [0.15, 0.2) is 0 Å². The van der Waals surface area contributed by atoms with Gasteiger partial charge in [-0.2, -0.15) is 0 Å². The summed E-state index contributed by atoms with van der Waals surface area (Å²) >= 11 is 1.62. The summed E-state index contributed by atoms with van der Waals surface area (Å²) in [5, 5.41) is 9.30. The molecule has 1 amide bonds. The van der Waals surface area contributed by atoms with E-state index >= 15 is 0 Å². The summed E-state index contributed by atoms with van der Waals surface area (Å²) in [7, 11) is 3.09. The Morgan fingerprint density at radius 2 is 1.81 bits per heavy atom. The number of methoxy groups -OCH3 is 2. The van der Waals surface area contributed by atoms with E-state index in [1.165, 1.54) is 4.90 Å².